The molecule has 0 spiro atoms. The molecule has 0 radical (unpaired) electrons. The van der Waals surface area contributed by atoms with E-state index in [9.17, 15) is 5.11 Å². The average Bonchev–Trinajstić information content (AvgIpc) is 2.46. The molecule has 0 fully saturated rings. The quantitative estimate of drug-likeness (QED) is 0.911. The van der Waals surface area contributed by atoms with Gasteiger partial charge in [0.15, 0.2) is 0 Å². The third kappa shape index (κ3) is 3.60. The van der Waals surface area contributed by atoms with Gasteiger partial charge in [0.1, 0.15) is 6.33 Å². The Balaban J connectivity index is 2.23. The smallest absolute Gasteiger partial charge is 0.115 e. The molecular formula is C17H21ClN2O. The minimum absolute atomic E-state index is 0.0782. The fraction of sp³-hybridized carbons (Fsp3) is 0.412. The van der Waals surface area contributed by atoms with Crippen molar-refractivity contribution in [3.8, 4) is 0 Å². The number of aliphatic hydroxyl groups is 1. The second-order valence-electron chi connectivity index (χ2n) is 5.73. The molecule has 0 saturated carbocycles. The Morgan fingerprint density at radius 3 is 2.48 bits per heavy atom. The first-order chi connectivity index (χ1) is 9.93. The van der Waals surface area contributed by atoms with E-state index in [4.69, 9.17) is 11.6 Å². The van der Waals surface area contributed by atoms with Crippen molar-refractivity contribution < 1.29 is 5.11 Å². The fourth-order valence-electron chi connectivity index (χ4n) is 2.54. The Labute approximate surface area is 131 Å². The Morgan fingerprint density at radius 1 is 1.24 bits per heavy atom. The second-order valence-corrected chi connectivity index (χ2v) is 6.16. The molecule has 1 atom stereocenters. The van der Waals surface area contributed by atoms with Crippen LogP contribution in [0.4, 0.5) is 0 Å². The van der Waals surface area contributed by atoms with Crippen LogP contribution in [0.5, 0.6) is 0 Å². The van der Waals surface area contributed by atoms with E-state index in [1.54, 1.807) is 6.20 Å². The van der Waals surface area contributed by atoms with Gasteiger partial charge in [-0.25, -0.2) is 9.97 Å². The lowest BCUT2D eigenvalue weighted by Crippen LogP contribution is -2.34. The molecule has 1 heterocycles. The van der Waals surface area contributed by atoms with Crippen molar-refractivity contribution in [1.29, 1.82) is 0 Å². The zero-order chi connectivity index (χ0) is 15.5. The van der Waals surface area contributed by atoms with Crippen LogP contribution in [0.1, 0.15) is 37.1 Å². The van der Waals surface area contributed by atoms with Crippen LogP contribution in [0.15, 0.2) is 36.8 Å². The predicted octanol–water partition coefficient (Wildman–Crippen LogP) is 3.91. The maximum Gasteiger partial charge on any atom is 0.115 e. The molecule has 0 bridgehead atoms. The summed E-state index contributed by atoms with van der Waals surface area (Å²) < 4.78 is 0. The van der Waals surface area contributed by atoms with Gasteiger partial charge in [-0.2, -0.15) is 0 Å². The molecule has 1 aromatic heterocycles. The molecule has 1 N–H and O–H groups in total. The molecule has 0 saturated heterocycles. The molecular weight excluding hydrogens is 284 g/mol. The number of benzene rings is 1. The zero-order valence-corrected chi connectivity index (χ0v) is 13.4. The third-order valence-corrected chi connectivity index (χ3v) is 4.29. The minimum Gasteiger partial charge on any atom is -0.385 e. The van der Waals surface area contributed by atoms with Crippen molar-refractivity contribution in [2.45, 2.75) is 39.2 Å². The van der Waals surface area contributed by atoms with Crippen LogP contribution in [-0.2, 0) is 12.0 Å². The van der Waals surface area contributed by atoms with E-state index >= 15 is 0 Å². The normalized spacial score (nSPS) is 14.2. The maximum atomic E-state index is 11.2. The highest BCUT2D eigenvalue weighted by Gasteiger charge is 2.34. The number of halogens is 1. The van der Waals surface area contributed by atoms with E-state index in [-0.39, 0.29) is 5.92 Å². The van der Waals surface area contributed by atoms with Crippen LogP contribution in [0.2, 0.25) is 5.02 Å². The number of hydrogen-bond donors (Lipinski definition) is 1. The van der Waals surface area contributed by atoms with Gasteiger partial charge >= 0.3 is 0 Å². The summed E-state index contributed by atoms with van der Waals surface area (Å²) >= 11 is 5.90. The van der Waals surface area contributed by atoms with Gasteiger partial charge in [0.05, 0.1) is 5.60 Å². The summed E-state index contributed by atoms with van der Waals surface area (Å²) in [5.41, 5.74) is 1.88. The Kier molecular flexibility index (Phi) is 4.96. The predicted molar refractivity (Wildman–Crippen MR) is 85.3 cm³/mol. The van der Waals surface area contributed by atoms with Crippen LogP contribution in [0.25, 0.3) is 0 Å². The first-order valence-corrected chi connectivity index (χ1v) is 7.55. The largest absolute Gasteiger partial charge is 0.385 e. The van der Waals surface area contributed by atoms with E-state index in [2.05, 4.69) is 9.97 Å². The van der Waals surface area contributed by atoms with E-state index in [0.29, 0.717) is 6.42 Å². The van der Waals surface area contributed by atoms with Crippen LogP contribution in [0.3, 0.4) is 0 Å². The summed E-state index contributed by atoms with van der Waals surface area (Å²) in [5, 5.41) is 11.9. The van der Waals surface area contributed by atoms with Gasteiger partial charge in [-0.15, -0.1) is 0 Å². The molecule has 2 rings (SSSR count). The van der Waals surface area contributed by atoms with Crippen LogP contribution >= 0.6 is 11.6 Å². The van der Waals surface area contributed by atoms with Crippen molar-refractivity contribution in [3.05, 3.63) is 58.6 Å². The molecule has 112 valence electrons. The van der Waals surface area contributed by atoms with Crippen molar-refractivity contribution in [2.24, 2.45) is 5.92 Å². The molecule has 2 aromatic rings. The van der Waals surface area contributed by atoms with Crippen LogP contribution in [0, 0.1) is 12.8 Å². The van der Waals surface area contributed by atoms with Crippen LogP contribution < -0.4 is 0 Å². The van der Waals surface area contributed by atoms with E-state index in [1.165, 1.54) is 6.33 Å². The van der Waals surface area contributed by atoms with Gasteiger partial charge in [0, 0.05) is 22.5 Å². The highest BCUT2D eigenvalue weighted by atomic mass is 35.5. The second kappa shape index (κ2) is 6.54. The molecule has 0 aliphatic heterocycles. The summed E-state index contributed by atoms with van der Waals surface area (Å²) in [6.45, 7) is 5.95. The number of hydrogen-bond acceptors (Lipinski definition) is 3. The van der Waals surface area contributed by atoms with E-state index in [1.807, 2.05) is 45.0 Å². The summed E-state index contributed by atoms with van der Waals surface area (Å²) in [6.07, 6.45) is 4.64. The zero-order valence-electron chi connectivity index (χ0n) is 12.7. The number of aromatic nitrogens is 2. The number of rotatable bonds is 5. The maximum absolute atomic E-state index is 11.2. The summed E-state index contributed by atoms with van der Waals surface area (Å²) in [6, 6.07) is 7.75. The highest BCUT2D eigenvalue weighted by Crippen LogP contribution is 2.35. The van der Waals surface area contributed by atoms with Gasteiger partial charge in [-0.3, -0.25) is 0 Å². The lowest BCUT2D eigenvalue weighted by molar-refractivity contribution is -0.0194. The molecule has 4 heteroatoms. The molecule has 21 heavy (non-hydrogen) atoms. The molecule has 3 nitrogen and oxygen atoms in total. The Bertz CT molecular complexity index is 598. The molecule has 1 aromatic carbocycles. The lowest BCUT2D eigenvalue weighted by atomic mass is 9.79. The molecule has 0 aliphatic rings. The van der Waals surface area contributed by atoms with Gasteiger partial charge in [0.2, 0.25) is 0 Å². The molecule has 1 unspecified atom stereocenters. The van der Waals surface area contributed by atoms with Crippen molar-refractivity contribution in [2.75, 3.05) is 0 Å². The minimum atomic E-state index is -0.926. The summed E-state index contributed by atoms with van der Waals surface area (Å²) in [4.78, 5) is 8.28. The number of nitrogens with zero attached hydrogens (tertiary/aromatic N) is 2. The van der Waals surface area contributed by atoms with Crippen molar-refractivity contribution in [3.63, 3.8) is 0 Å². The lowest BCUT2D eigenvalue weighted by Gasteiger charge is -2.33. The van der Waals surface area contributed by atoms with Crippen molar-refractivity contribution >= 4 is 11.6 Å². The summed E-state index contributed by atoms with van der Waals surface area (Å²) in [7, 11) is 0. The van der Waals surface area contributed by atoms with Crippen molar-refractivity contribution in [1.82, 2.24) is 9.97 Å². The van der Waals surface area contributed by atoms with E-state index in [0.717, 1.165) is 28.3 Å². The Morgan fingerprint density at radius 2 is 1.90 bits per heavy atom. The Hall–Kier alpha value is -1.45. The monoisotopic (exact) mass is 304 g/mol. The fourth-order valence-corrected chi connectivity index (χ4v) is 2.66. The molecule has 0 amide bonds. The first kappa shape index (κ1) is 15.9. The SMILES string of the molecule is Cc1ncncc1C(O)(CCc1ccc(Cl)cc1)C(C)C. The first-order valence-electron chi connectivity index (χ1n) is 7.17. The third-order valence-electron chi connectivity index (χ3n) is 4.04. The van der Waals surface area contributed by atoms with Gasteiger partial charge < -0.3 is 5.11 Å². The standard InChI is InChI=1S/C17H21ClN2O/c1-12(2)17(21,16-10-19-11-20-13(16)3)9-8-14-4-6-15(18)7-5-14/h4-7,10-12,21H,8-9H2,1-3H3. The highest BCUT2D eigenvalue weighted by molar-refractivity contribution is 6.30. The molecule has 0 aliphatic carbocycles. The van der Waals surface area contributed by atoms with Gasteiger partial charge in [-0.1, -0.05) is 37.6 Å². The number of aryl methyl sites for hydroxylation is 2. The van der Waals surface area contributed by atoms with E-state index < -0.39 is 5.60 Å². The average molecular weight is 305 g/mol. The van der Waals surface area contributed by atoms with Gasteiger partial charge in [0.25, 0.3) is 0 Å². The topological polar surface area (TPSA) is 46.0 Å². The van der Waals surface area contributed by atoms with Gasteiger partial charge in [-0.05, 0) is 43.4 Å². The van der Waals surface area contributed by atoms with Crippen LogP contribution in [-0.4, -0.2) is 15.1 Å². The summed E-state index contributed by atoms with van der Waals surface area (Å²) in [5.74, 6) is 0.0782.